The molecule has 1 unspecified atom stereocenters. The van der Waals surface area contributed by atoms with Crippen LogP contribution < -0.4 is 20.3 Å². The Morgan fingerprint density at radius 3 is 2.78 bits per heavy atom. The highest BCUT2D eigenvalue weighted by Gasteiger charge is 2.24. The van der Waals surface area contributed by atoms with Gasteiger partial charge in [-0.2, -0.15) is 5.10 Å². The molecule has 2 aliphatic rings. The SMILES string of the molecule is CC1CN(c2ccc(NC(=O)c3cc4cn(C)nc4cc3OC3CCC3)nn2)CCN1.Cl. The van der Waals surface area contributed by atoms with Crippen LogP contribution >= 0.6 is 12.4 Å². The molecule has 2 N–H and O–H groups in total. The average Bonchev–Trinajstić information content (AvgIpc) is 3.09. The number of nitrogens with one attached hydrogen (secondary N) is 2. The fourth-order valence-corrected chi connectivity index (χ4v) is 4.00. The van der Waals surface area contributed by atoms with Crippen LogP contribution in [-0.4, -0.2) is 57.7 Å². The molecule has 1 atom stereocenters. The summed E-state index contributed by atoms with van der Waals surface area (Å²) in [4.78, 5) is 15.3. The van der Waals surface area contributed by atoms with Crippen LogP contribution in [0.3, 0.4) is 0 Å². The van der Waals surface area contributed by atoms with E-state index in [-0.39, 0.29) is 24.4 Å². The number of hydrogen-bond acceptors (Lipinski definition) is 7. The number of hydrogen-bond donors (Lipinski definition) is 2. The molecule has 1 aromatic carbocycles. The summed E-state index contributed by atoms with van der Waals surface area (Å²) in [5.41, 5.74) is 1.29. The van der Waals surface area contributed by atoms with Crippen LogP contribution in [0.1, 0.15) is 36.5 Å². The van der Waals surface area contributed by atoms with Gasteiger partial charge in [0.1, 0.15) is 5.75 Å². The first-order valence-corrected chi connectivity index (χ1v) is 10.8. The van der Waals surface area contributed by atoms with Gasteiger partial charge in [0.15, 0.2) is 11.6 Å². The molecule has 0 spiro atoms. The van der Waals surface area contributed by atoms with Gasteiger partial charge in [-0.05, 0) is 44.4 Å². The quantitative estimate of drug-likeness (QED) is 0.608. The molecule has 0 bridgehead atoms. The van der Waals surface area contributed by atoms with Crippen LogP contribution in [-0.2, 0) is 7.05 Å². The Hall–Kier alpha value is -2.91. The van der Waals surface area contributed by atoms with Gasteiger partial charge in [-0.3, -0.25) is 9.48 Å². The van der Waals surface area contributed by atoms with Gasteiger partial charge in [0.2, 0.25) is 0 Å². The van der Waals surface area contributed by atoms with E-state index in [9.17, 15) is 4.79 Å². The topological polar surface area (TPSA) is 97.2 Å². The molecule has 5 rings (SSSR count). The predicted molar refractivity (Wildman–Crippen MR) is 126 cm³/mol. The lowest BCUT2D eigenvalue weighted by atomic mass is 9.96. The van der Waals surface area contributed by atoms with Crippen molar-refractivity contribution in [3.05, 3.63) is 36.0 Å². The zero-order chi connectivity index (χ0) is 21.4. The number of anilines is 2. The van der Waals surface area contributed by atoms with Crippen LogP contribution in [0, 0.1) is 0 Å². The van der Waals surface area contributed by atoms with Gasteiger partial charge in [-0.1, -0.05) is 0 Å². The minimum absolute atomic E-state index is 0. The van der Waals surface area contributed by atoms with Crippen molar-refractivity contribution in [3.8, 4) is 5.75 Å². The number of aryl methyl sites for hydroxylation is 1. The summed E-state index contributed by atoms with van der Waals surface area (Å²) < 4.78 is 7.84. The van der Waals surface area contributed by atoms with Gasteiger partial charge >= 0.3 is 0 Å². The Morgan fingerprint density at radius 2 is 2.09 bits per heavy atom. The number of amides is 1. The van der Waals surface area contributed by atoms with Crippen molar-refractivity contribution in [2.45, 2.75) is 38.3 Å². The highest BCUT2D eigenvalue weighted by molar-refractivity contribution is 6.08. The fraction of sp³-hybridized carbons (Fsp3) is 0.455. The zero-order valence-electron chi connectivity index (χ0n) is 18.2. The molecule has 1 aliphatic carbocycles. The number of rotatable bonds is 5. The summed E-state index contributed by atoms with van der Waals surface area (Å²) in [6, 6.07) is 7.78. The van der Waals surface area contributed by atoms with E-state index >= 15 is 0 Å². The first kappa shape index (κ1) is 22.3. The minimum atomic E-state index is -0.266. The second-order valence-corrected chi connectivity index (χ2v) is 8.41. The molecular formula is C22H28ClN7O2. The number of nitrogens with zero attached hydrogens (tertiary/aromatic N) is 5. The molecular weight excluding hydrogens is 430 g/mol. The average molecular weight is 458 g/mol. The van der Waals surface area contributed by atoms with Crippen molar-refractivity contribution in [2.75, 3.05) is 29.9 Å². The second-order valence-electron chi connectivity index (χ2n) is 8.41. The number of carbonyl (C=O) groups excluding carboxylic acids is 1. The maximum Gasteiger partial charge on any atom is 0.260 e. The third-order valence-electron chi connectivity index (χ3n) is 5.90. The summed E-state index contributed by atoms with van der Waals surface area (Å²) in [5.74, 6) is 1.53. The molecule has 10 heteroatoms. The van der Waals surface area contributed by atoms with Gasteiger partial charge < -0.3 is 20.3 Å². The standard InChI is InChI=1S/C22H27N7O2.ClH/c1-14-12-29(9-8-23-14)21-7-6-20(25-26-21)24-22(30)17-10-15-13-28(2)27-18(15)11-19(17)31-16-4-3-5-16;/h6-7,10-11,13-14,16,23H,3-5,8-9,12H2,1-2H3,(H,24,25,30);1H. The summed E-state index contributed by atoms with van der Waals surface area (Å²) >= 11 is 0. The number of fused-ring (bicyclic) bond motifs is 1. The van der Waals surface area contributed by atoms with E-state index in [0.717, 1.165) is 55.6 Å². The van der Waals surface area contributed by atoms with E-state index < -0.39 is 0 Å². The van der Waals surface area contributed by atoms with Crippen molar-refractivity contribution in [1.29, 1.82) is 0 Å². The van der Waals surface area contributed by atoms with Crippen LogP contribution in [0.15, 0.2) is 30.5 Å². The number of benzene rings is 1. The Labute approximate surface area is 192 Å². The molecule has 2 aromatic heterocycles. The molecule has 1 saturated heterocycles. The van der Waals surface area contributed by atoms with E-state index in [0.29, 0.717) is 23.2 Å². The van der Waals surface area contributed by atoms with Crippen molar-refractivity contribution in [2.24, 2.45) is 7.05 Å². The first-order valence-electron chi connectivity index (χ1n) is 10.8. The van der Waals surface area contributed by atoms with Crippen LogP contribution in [0.4, 0.5) is 11.6 Å². The van der Waals surface area contributed by atoms with Gasteiger partial charge in [0.05, 0.1) is 17.2 Å². The molecule has 2 fully saturated rings. The molecule has 1 saturated carbocycles. The lowest BCUT2D eigenvalue weighted by Gasteiger charge is -2.32. The Balaban J connectivity index is 0.00000245. The van der Waals surface area contributed by atoms with E-state index in [4.69, 9.17) is 4.74 Å². The smallest absolute Gasteiger partial charge is 0.260 e. The Bertz CT molecular complexity index is 1100. The molecule has 32 heavy (non-hydrogen) atoms. The highest BCUT2D eigenvalue weighted by Crippen LogP contribution is 2.31. The number of carbonyl (C=O) groups is 1. The third kappa shape index (κ3) is 4.63. The predicted octanol–water partition coefficient (Wildman–Crippen LogP) is 2.77. The molecule has 0 radical (unpaired) electrons. The second kappa shape index (κ2) is 9.30. The van der Waals surface area contributed by atoms with Crippen LogP contribution in [0.25, 0.3) is 10.9 Å². The lowest BCUT2D eigenvalue weighted by Crippen LogP contribution is -2.49. The summed E-state index contributed by atoms with van der Waals surface area (Å²) in [6.07, 6.45) is 5.24. The fourth-order valence-electron chi connectivity index (χ4n) is 4.00. The van der Waals surface area contributed by atoms with Gasteiger partial charge in [-0.25, -0.2) is 0 Å². The van der Waals surface area contributed by atoms with Gasteiger partial charge in [-0.15, -0.1) is 22.6 Å². The van der Waals surface area contributed by atoms with E-state index in [1.165, 1.54) is 0 Å². The largest absolute Gasteiger partial charge is 0.490 e. The molecule has 3 heterocycles. The number of aromatic nitrogens is 4. The number of halogens is 1. The van der Waals surface area contributed by atoms with E-state index in [2.05, 4.69) is 37.8 Å². The molecule has 3 aromatic rings. The molecule has 9 nitrogen and oxygen atoms in total. The molecule has 170 valence electrons. The van der Waals surface area contributed by atoms with E-state index in [1.54, 1.807) is 10.7 Å². The Kier molecular flexibility index (Phi) is 6.48. The van der Waals surface area contributed by atoms with Crippen molar-refractivity contribution >= 4 is 40.9 Å². The molecule has 1 aliphatic heterocycles. The van der Waals surface area contributed by atoms with Gasteiger partial charge in [0, 0.05) is 50.4 Å². The van der Waals surface area contributed by atoms with Crippen molar-refractivity contribution < 1.29 is 9.53 Å². The number of ether oxygens (including phenoxy) is 1. The molecule has 1 amide bonds. The first-order chi connectivity index (χ1) is 15.0. The summed E-state index contributed by atoms with van der Waals surface area (Å²) in [6.45, 7) is 4.84. The zero-order valence-corrected chi connectivity index (χ0v) is 19.1. The van der Waals surface area contributed by atoms with Crippen molar-refractivity contribution in [3.63, 3.8) is 0 Å². The normalized spacial score (nSPS) is 18.7. The number of piperazine rings is 1. The third-order valence-corrected chi connectivity index (χ3v) is 5.90. The van der Waals surface area contributed by atoms with Crippen molar-refractivity contribution in [1.82, 2.24) is 25.3 Å². The van der Waals surface area contributed by atoms with E-state index in [1.807, 2.05) is 31.4 Å². The summed E-state index contributed by atoms with van der Waals surface area (Å²) in [5, 5.41) is 20.2. The highest BCUT2D eigenvalue weighted by atomic mass is 35.5. The lowest BCUT2D eigenvalue weighted by molar-refractivity contribution is 0.0992. The van der Waals surface area contributed by atoms with Crippen LogP contribution in [0.5, 0.6) is 5.75 Å². The monoisotopic (exact) mass is 457 g/mol. The maximum absolute atomic E-state index is 13.1. The van der Waals surface area contributed by atoms with Crippen LogP contribution in [0.2, 0.25) is 0 Å². The summed E-state index contributed by atoms with van der Waals surface area (Å²) in [7, 11) is 1.86. The Morgan fingerprint density at radius 1 is 1.25 bits per heavy atom. The minimum Gasteiger partial charge on any atom is -0.490 e. The van der Waals surface area contributed by atoms with Gasteiger partial charge in [0.25, 0.3) is 5.91 Å². The maximum atomic E-state index is 13.1.